The molecule has 0 heterocycles. The zero-order chi connectivity index (χ0) is 18.8. The minimum absolute atomic E-state index is 0.415. The van der Waals surface area contributed by atoms with Gasteiger partial charge in [-0.1, -0.05) is 69.2 Å². The van der Waals surface area contributed by atoms with Gasteiger partial charge in [-0.2, -0.15) is 0 Å². The molecule has 0 N–H and O–H groups in total. The van der Waals surface area contributed by atoms with Gasteiger partial charge in [0.2, 0.25) is 0 Å². The van der Waals surface area contributed by atoms with Crippen molar-refractivity contribution >= 4 is 0 Å². The summed E-state index contributed by atoms with van der Waals surface area (Å²) >= 11 is 0. The zero-order valence-electron chi connectivity index (χ0n) is 18.8. The van der Waals surface area contributed by atoms with E-state index in [2.05, 4.69) is 69.2 Å². The predicted octanol–water partition coefficient (Wildman–Crippen LogP) is 7.43. The largest absolute Gasteiger partial charge is 0.0625 e. The average Bonchev–Trinajstić information content (AvgIpc) is 2.76. The van der Waals surface area contributed by atoms with Gasteiger partial charge >= 0.3 is 0 Å². The normalized spacial score (nSPS) is 54.6. The Labute approximate surface area is 157 Å². The van der Waals surface area contributed by atoms with Gasteiger partial charge in [0, 0.05) is 0 Å². The average molecular weight is 345 g/mol. The Morgan fingerprint density at radius 3 is 1.96 bits per heavy atom. The highest BCUT2D eigenvalue weighted by molar-refractivity contribution is 5.23. The molecule has 0 amide bonds. The maximum Gasteiger partial charge on any atom is -0.0233 e. The Hall–Kier alpha value is 0. The van der Waals surface area contributed by atoms with E-state index in [0.717, 1.165) is 35.5 Å². The molecule has 7 atom stereocenters. The Morgan fingerprint density at radius 1 is 0.800 bits per heavy atom. The van der Waals surface area contributed by atoms with Crippen LogP contribution in [0.25, 0.3) is 0 Å². The summed E-state index contributed by atoms with van der Waals surface area (Å²) in [5, 5.41) is 0. The molecule has 7 unspecified atom stereocenters. The van der Waals surface area contributed by atoms with E-state index in [4.69, 9.17) is 0 Å². The lowest BCUT2D eigenvalue weighted by molar-refractivity contribution is -0.256. The van der Waals surface area contributed by atoms with Crippen LogP contribution in [0.4, 0.5) is 0 Å². The summed E-state index contributed by atoms with van der Waals surface area (Å²) in [6.45, 7) is 26.3. The fourth-order valence-electron chi connectivity index (χ4n) is 9.63. The molecule has 0 spiro atoms. The highest BCUT2D eigenvalue weighted by Crippen LogP contribution is 2.81. The summed E-state index contributed by atoms with van der Waals surface area (Å²) in [6, 6.07) is 0. The third-order valence-corrected chi connectivity index (χ3v) is 11.7. The van der Waals surface area contributed by atoms with Gasteiger partial charge in [0.25, 0.3) is 0 Å². The Bertz CT molecular complexity index is 579. The van der Waals surface area contributed by atoms with Crippen molar-refractivity contribution in [1.82, 2.24) is 0 Å². The summed E-state index contributed by atoms with van der Waals surface area (Å²) in [5.41, 5.74) is 2.43. The molecule has 4 fully saturated rings. The van der Waals surface area contributed by atoms with Crippen LogP contribution in [0.3, 0.4) is 0 Å². The van der Waals surface area contributed by atoms with E-state index in [1.54, 1.807) is 0 Å². The lowest BCUT2D eigenvalue weighted by atomic mass is 9.31. The van der Waals surface area contributed by atoms with Gasteiger partial charge in [-0.15, -0.1) is 0 Å². The van der Waals surface area contributed by atoms with Gasteiger partial charge < -0.3 is 0 Å². The quantitative estimate of drug-likeness (QED) is 0.464. The van der Waals surface area contributed by atoms with E-state index in [1.165, 1.54) is 25.7 Å². The zero-order valence-corrected chi connectivity index (χ0v) is 18.8. The van der Waals surface area contributed by atoms with Crippen molar-refractivity contribution in [3.05, 3.63) is 0 Å². The van der Waals surface area contributed by atoms with E-state index in [9.17, 15) is 0 Å². The Kier molecular flexibility index (Phi) is 3.45. The van der Waals surface area contributed by atoms with Crippen molar-refractivity contribution in [2.24, 2.45) is 62.6 Å². The van der Waals surface area contributed by atoms with Crippen LogP contribution >= 0.6 is 0 Å². The van der Waals surface area contributed by atoms with E-state index in [0.29, 0.717) is 27.1 Å². The molecule has 144 valence electrons. The van der Waals surface area contributed by atoms with E-state index < -0.39 is 0 Å². The number of rotatable bonds is 1. The van der Waals surface area contributed by atoms with Gasteiger partial charge in [-0.05, 0) is 88.3 Å². The second kappa shape index (κ2) is 4.70. The van der Waals surface area contributed by atoms with Crippen LogP contribution in [-0.4, -0.2) is 0 Å². The number of hydrogen-bond acceptors (Lipinski definition) is 0. The maximum absolute atomic E-state index is 2.73. The fraction of sp³-hybridized carbons (Fsp3) is 1.00. The Morgan fingerprint density at radius 2 is 1.40 bits per heavy atom. The third-order valence-electron chi connectivity index (χ3n) is 11.7. The fourth-order valence-corrected chi connectivity index (χ4v) is 9.63. The molecule has 0 aromatic rings. The summed E-state index contributed by atoms with van der Waals surface area (Å²) in [7, 11) is 0. The molecule has 0 radical (unpaired) electrons. The van der Waals surface area contributed by atoms with Crippen LogP contribution in [0, 0.1) is 62.6 Å². The summed E-state index contributed by atoms with van der Waals surface area (Å²) in [6.07, 6.45) is 5.96. The number of hydrogen-bond donors (Lipinski definition) is 0. The third kappa shape index (κ3) is 1.86. The van der Waals surface area contributed by atoms with Crippen LogP contribution in [0.15, 0.2) is 0 Å². The first-order chi connectivity index (χ1) is 11.2. The van der Waals surface area contributed by atoms with Gasteiger partial charge in [0.1, 0.15) is 0 Å². The summed E-state index contributed by atoms with van der Waals surface area (Å²) < 4.78 is 0. The van der Waals surface area contributed by atoms with Gasteiger partial charge in [0.15, 0.2) is 0 Å². The highest BCUT2D eigenvalue weighted by Gasteiger charge is 2.74. The van der Waals surface area contributed by atoms with E-state index in [-0.39, 0.29) is 0 Å². The monoisotopic (exact) mass is 344 g/mol. The van der Waals surface area contributed by atoms with Crippen molar-refractivity contribution in [2.75, 3.05) is 0 Å². The van der Waals surface area contributed by atoms with Crippen molar-refractivity contribution in [3.63, 3.8) is 0 Å². The molecular formula is C25H44. The summed E-state index contributed by atoms with van der Waals surface area (Å²) in [5.74, 6) is 5.58. The highest BCUT2D eigenvalue weighted by atomic mass is 14.8. The van der Waals surface area contributed by atoms with Crippen LogP contribution in [0.2, 0.25) is 0 Å². The lowest BCUT2D eigenvalue weighted by Gasteiger charge is -2.74. The lowest BCUT2D eigenvalue weighted by Crippen LogP contribution is -2.67. The standard InChI is InChI=1S/C25H44/c1-15(2)17-12-18-20-19-11-16(13-24(17,20)9)21(3,4)14-25(19,10)23(7,8)22(18,5)6/h15-20H,11-14H2,1-10H3. The van der Waals surface area contributed by atoms with E-state index >= 15 is 0 Å². The molecular weight excluding hydrogens is 300 g/mol. The predicted molar refractivity (Wildman–Crippen MR) is 108 cm³/mol. The van der Waals surface area contributed by atoms with Crippen molar-refractivity contribution in [2.45, 2.75) is 94.9 Å². The minimum Gasteiger partial charge on any atom is -0.0625 e. The van der Waals surface area contributed by atoms with Gasteiger partial charge in [-0.3, -0.25) is 0 Å². The first-order valence-electron chi connectivity index (χ1n) is 11.2. The van der Waals surface area contributed by atoms with Gasteiger partial charge in [-0.25, -0.2) is 0 Å². The molecule has 0 heteroatoms. The molecule has 4 aliphatic carbocycles. The minimum atomic E-state index is 0.415. The SMILES string of the molecule is CC(C)C1CC2C3C4CC(CC13C)C(C)(C)CC4(C)C(C)(C)C2(C)C. The van der Waals surface area contributed by atoms with Gasteiger partial charge in [0.05, 0.1) is 0 Å². The molecule has 4 saturated carbocycles. The van der Waals surface area contributed by atoms with E-state index in [1.807, 2.05) is 0 Å². The second-order valence-corrected chi connectivity index (χ2v) is 13.4. The first-order valence-corrected chi connectivity index (χ1v) is 11.2. The van der Waals surface area contributed by atoms with Crippen molar-refractivity contribution in [3.8, 4) is 0 Å². The van der Waals surface area contributed by atoms with Crippen LogP contribution in [-0.2, 0) is 0 Å². The molecule has 0 aromatic heterocycles. The molecule has 0 aliphatic heterocycles. The topological polar surface area (TPSA) is 0 Å². The molecule has 0 nitrogen and oxygen atoms in total. The van der Waals surface area contributed by atoms with Crippen molar-refractivity contribution in [1.29, 1.82) is 0 Å². The summed E-state index contributed by atoms with van der Waals surface area (Å²) in [4.78, 5) is 0. The molecule has 4 aliphatic rings. The second-order valence-electron chi connectivity index (χ2n) is 13.4. The first kappa shape index (κ1) is 18.4. The number of fused-ring (bicyclic) bond motifs is 1. The molecule has 25 heavy (non-hydrogen) atoms. The maximum atomic E-state index is 2.73. The molecule has 4 rings (SSSR count). The van der Waals surface area contributed by atoms with Crippen LogP contribution in [0.5, 0.6) is 0 Å². The van der Waals surface area contributed by atoms with Crippen molar-refractivity contribution < 1.29 is 0 Å². The van der Waals surface area contributed by atoms with Crippen LogP contribution < -0.4 is 0 Å². The van der Waals surface area contributed by atoms with Crippen LogP contribution in [0.1, 0.15) is 94.9 Å². The molecule has 2 bridgehead atoms. The Balaban J connectivity index is 1.95. The smallest absolute Gasteiger partial charge is 0.0233 e. The molecule has 0 aromatic carbocycles. The molecule has 0 saturated heterocycles.